The molecule has 2 N–H and O–H groups in total. The summed E-state index contributed by atoms with van der Waals surface area (Å²) < 4.78 is 2.16. The molecule has 0 saturated carbocycles. The van der Waals surface area contributed by atoms with Crippen LogP contribution in [0.25, 0.3) is 0 Å². The standard InChI is InChI=1S/C13H25BClNO2Si/c1-9(2)19(10(3)4,11(5)6)16-8-12(14(17)18)7-13(16)15/h7-11,17-18H,1-6H3. The van der Waals surface area contributed by atoms with Crippen LogP contribution in [0, 0.1) is 0 Å². The number of nitrogens with zero attached hydrogens (tertiary/aromatic N) is 1. The first-order chi connectivity index (χ1) is 8.65. The predicted octanol–water partition coefficient (Wildman–Crippen LogP) is 2.84. The molecule has 0 aliphatic rings. The van der Waals surface area contributed by atoms with Gasteiger partial charge in [0, 0.05) is 5.46 Å². The Bertz CT molecular complexity index is 411. The minimum Gasteiger partial charge on any atom is -0.423 e. The van der Waals surface area contributed by atoms with Gasteiger partial charge in [-0.2, -0.15) is 0 Å². The van der Waals surface area contributed by atoms with E-state index in [1.54, 1.807) is 6.07 Å². The highest BCUT2D eigenvalue weighted by Crippen LogP contribution is 2.43. The Balaban J connectivity index is 3.49. The van der Waals surface area contributed by atoms with Crippen molar-refractivity contribution in [3.63, 3.8) is 0 Å². The Morgan fingerprint density at radius 1 is 1.05 bits per heavy atom. The number of halogens is 1. The average molecular weight is 302 g/mol. The highest BCUT2D eigenvalue weighted by atomic mass is 35.5. The molecule has 19 heavy (non-hydrogen) atoms. The molecule has 1 aromatic rings. The first-order valence-electron chi connectivity index (χ1n) is 6.90. The van der Waals surface area contributed by atoms with Gasteiger partial charge in [0.25, 0.3) is 0 Å². The summed E-state index contributed by atoms with van der Waals surface area (Å²) in [6.07, 6.45) is 1.83. The van der Waals surface area contributed by atoms with Crippen LogP contribution in [0.1, 0.15) is 41.5 Å². The van der Waals surface area contributed by atoms with E-state index in [1.807, 2.05) is 6.20 Å². The monoisotopic (exact) mass is 301 g/mol. The second kappa shape index (κ2) is 6.04. The van der Waals surface area contributed by atoms with Gasteiger partial charge < -0.3 is 14.3 Å². The second-order valence-corrected chi connectivity index (χ2v) is 12.3. The van der Waals surface area contributed by atoms with Crippen molar-refractivity contribution in [3.05, 3.63) is 17.4 Å². The van der Waals surface area contributed by atoms with E-state index in [1.165, 1.54) is 0 Å². The number of rotatable bonds is 5. The summed E-state index contributed by atoms with van der Waals surface area (Å²) in [5.41, 5.74) is 2.02. The van der Waals surface area contributed by atoms with E-state index in [-0.39, 0.29) is 0 Å². The molecule has 0 bridgehead atoms. The second-order valence-electron chi connectivity index (χ2n) is 6.19. The van der Waals surface area contributed by atoms with Gasteiger partial charge in [-0.3, -0.25) is 0 Å². The van der Waals surface area contributed by atoms with Crippen molar-refractivity contribution in [1.29, 1.82) is 0 Å². The van der Waals surface area contributed by atoms with Gasteiger partial charge in [0.1, 0.15) is 5.15 Å². The van der Waals surface area contributed by atoms with Gasteiger partial charge in [-0.15, -0.1) is 0 Å². The van der Waals surface area contributed by atoms with Crippen LogP contribution in [0.2, 0.25) is 21.8 Å². The highest BCUT2D eigenvalue weighted by molar-refractivity contribution is 6.82. The first kappa shape index (κ1) is 16.8. The molecule has 0 radical (unpaired) electrons. The van der Waals surface area contributed by atoms with Crippen molar-refractivity contribution in [1.82, 2.24) is 4.23 Å². The van der Waals surface area contributed by atoms with Crippen LogP contribution in [0.5, 0.6) is 0 Å². The molecule has 0 unspecified atom stereocenters. The maximum Gasteiger partial charge on any atom is 0.490 e. The minimum absolute atomic E-state index is 0.476. The van der Waals surface area contributed by atoms with E-state index in [0.717, 1.165) is 0 Å². The lowest BCUT2D eigenvalue weighted by Crippen LogP contribution is -2.52. The largest absolute Gasteiger partial charge is 0.490 e. The molecule has 0 fully saturated rings. The molecule has 0 aliphatic heterocycles. The molecule has 1 rings (SSSR count). The van der Waals surface area contributed by atoms with Crippen LogP contribution < -0.4 is 5.46 Å². The summed E-state index contributed by atoms with van der Waals surface area (Å²) in [6.45, 7) is 13.5. The van der Waals surface area contributed by atoms with E-state index in [0.29, 0.717) is 27.2 Å². The number of hydrogen-bond acceptors (Lipinski definition) is 2. The van der Waals surface area contributed by atoms with Crippen molar-refractivity contribution in [2.75, 3.05) is 0 Å². The molecular weight excluding hydrogens is 276 g/mol. The van der Waals surface area contributed by atoms with Crippen LogP contribution in [0.4, 0.5) is 0 Å². The van der Waals surface area contributed by atoms with Gasteiger partial charge in [-0.05, 0) is 28.9 Å². The summed E-state index contributed by atoms with van der Waals surface area (Å²) in [5.74, 6) is 0. The quantitative estimate of drug-likeness (QED) is 0.822. The third-order valence-electron chi connectivity index (χ3n) is 4.28. The van der Waals surface area contributed by atoms with Gasteiger partial charge in [-0.25, -0.2) is 0 Å². The lowest BCUT2D eigenvalue weighted by molar-refractivity contribution is 0.426. The van der Waals surface area contributed by atoms with Crippen molar-refractivity contribution in [3.8, 4) is 0 Å². The van der Waals surface area contributed by atoms with Crippen LogP contribution in [0.15, 0.2) is 12.3 Å². The first-order valence-corrected chi connectivity index (χ1v) is 9.45. The molecule has 6 heteroatoms. The third kappa shape index (κ3) is 2.79. The Kier molecular flexibility index (Phi) is 5.35. The van der Waals surface area contributed by atoms with Gasteiger partial charge in [-0.1, -0.05) is 53.1 Å². The van der Waals surface area contributed by atoms with Crippen LogP contribution in [-0.4, -0.2) is 29.6 Å². The van der Waals surface area contributed by atoms with Crippen molar-refractivity contribution in [2.24, 2.45) is 0 Å². The summed E-state index contributed by atoms with van der Waals surface area (Å²) in [6, 6.07) is 1.67. The Morgan fingerprint density at radius 2 is 1.47 bits per heavy atom. The Hall–Kier alpha value is -0.228. The number of hydrogen-bond donors (Lipinski definition) is 2. The normalized spacial score (nSPS) is 12.8. The molecule has 0 spiro atoms. The topological polar surface area (TPSA) is 45.4 Å². The Morgan fingerprint density at radius 3 is 1.74 bits per heavy atom. The van der Waals surface area contributed by atoms with Gasteiger partial charge in [0.15, 0.2) is 8.24 Å². The highest BCUT2D eigenvalue weighted by Gasteiger charge is 2.46. The SMILES string of the molecule is CC(C)[Si](C(C)C)(C(C)C)n1cc(B(O)O)cc1Cl. The predicted molar refractivity (Wildman–Crippen MR) is 85.7 cm³/mol. The van der Waals surface area contributed by atoms with Gasteiger partial charge >= 0.3 is 7.12 Å². The zero-order valence-corrected chi connectivity index (χ0v) is 14.4. The fourth-order valence-electron chi connectivity index (χ4n) is 3.73. The Labute approximate surface area is 122 Å². The van der Waals surface area contributed by atoms with Crippen molar-refractivity contribution in [2.45, 2.75) is 58.2 Å². The maximum atomic E-state index is 9.34. The molecular formula is C13H25BClNO2Si. The fourth-order valence-corrected chi connectivity index (χ4v) is 10.8. The molecule has 3 nitrogen and oxygen atoms in total. The molecule has 0 aromatic carbocycles. The van der Waals surface area contributed by atoms with E-state index >= 15 is 0 Å². The van der Waals surface area contributed by atoms with E-state index in [4.69, 9.17) is 11.6 Å². The molecule has 108 valence electrons. The molecule has 1 aromatic heterocycles. The summed E-state index contributed by atoms with van der Waals surface area (Å²) in [4.78, 5) is 0. The van der Waals surface area contributed by atoms with E-state index < -0.39 is 15.4 Å². The van der Waals surface area contributed by atoms with Crippen LogP contribution in [0.3, 0.4) is 0 Å². The molecule has 1 heterocycles. The van der Waals surface area contributed by atoms with Gasteiger partial charge in [0.05, 0.1) is 0 Å². The van der Waals surface area contributed by atoms with Crippen molar-refractivity contribution < 1.29 is 10.0 Å². The smallest absolute Gasteiger partial charge is 0.423 e. The van der Waals surface area contributed by atoms with E-state index in [9.17, 15) is 10.0 Å². The van der Waals surface area contributed by atoms with Crippen LogP contribution >= 0.6 is 11.6 Å². The maximum absolute atomic E-state index is 9.34. The molecule has 0 aliphatic carbocycles. The summed E-state index contributed by atoms with van der Waals surface area (Å²) in [7, 11) is -3.37. The lowest BCUT2D eigenvalue weighted by atomic mass is 9.83. The molecule has 0 amide bonds. The third-order valence-corrected chi connectivity index (χ3v) is 11.5. The van der Waals surface area contributed by atoms with E-state index in [2.05, 4.69) is 45.8 Å². The lowest BCUT2D eigenvalue weighted by Gasteiger charge is -2.44. The molecule has 0 saturated heterocycles. The zero-order valence-electron chi connectivity index (χ0n) is 12.7. The number of aromatic nitrogens is 1. The molecule has 0 atom stereocenters. The zero-order chi connectivity index (χ0) is 15.0. The van der Waals surface area contributed by atoms with Gasteiger partial charge in [0.2, 0.25) is 0 Å². The summed E-state index contributed by atoms with van der Waals surface area (Å²) in [5, 5.41) is 19.3. The van der Waals surface area contributed by atoms with Crippen LogP contribution in [-0.2, 0) is 0 Å². The minimum atomic E-state index is -1.91. The average Bonchev–Trinajstić information content (AvgIpc) is 2.60. The van der Waals surface area contributed by atoms with Crippen molar-refractivity contribution >= 4 is 32.4 Å². The fraction of sp³-hybridized carbons (Fsp3) is 0.692. The summed E-state index contributed by atoms with van der Waals surface area (Å²) >= 11 is 6.38.